The fraction of sp³-hybridized carbons (Fsp3) is 0.667. The zero-order valence-corrected chi connectivity index (χ0v) is 17.4. The van der Waals surface area contributed by atoms with Gasteiger partial charge in [0.1, 0.15) is 17.4 Å². The fourth-order valence-corrected chi connectivity index (χ4v) is 3.52. The minimum Gasteiger partial charge on any atom is -0.476 e. The average Bonchev–Trinajstić information content (AvgIpc) is 3.58. The van der Waals surface area contributed by atoms with E-state index in [0.717, 1.165) is 25.7 Å². The Balaban J connectivity index is 1.49. The lowest BCUT2D eigenvalue weighted by Gasteiger charge is -2.40. The summed E-state index contributed by atoms with van der Waals surface area (Å²) in [7, 11) is 3.32. The number of hydrogen-bond acceptors (Lipinski definition) is 5. The number of rotatable bonds is 9. The summed E-state index contributed by atoms with van der Waals surface area (Å²) in [4.78, 5) is 32.6. The lowest BCUT2D eigenvalue weighted by atomic mass is 10.1. The average molecular weight is 422 g/mol. The van der Waals surface area contributed by atoms with Crippen molar-refractivity contribution in [2.75, 3.05) is 38.7 Å². The standard InChI is InChI=1S/C21H28F2N4O3/c1-26(2)20(29)16(9-13-3-4-13)24-18(28)15-7-8-17(27-11-21(22,23)12-27)19(25-15)30-10-14-5-6-14/h7-8,13-14,16H,3-6,9-12H2,1-2H3,(H,24,28). The number of ether oxygens (including phenoxy) is 1. The van der Waals surface area contributed by atoms with Crippen LogP contribution < -0.4 is 15.0 Å². The highest BCUT2D eigenvalue weighted by molar-refractivity contribution is 5.96. The molecule has 2 saturated carbocycles. The van der Waals surface area contributed by atoms with E-state index in [2.05, 4.69) is 10.3 Å². The fourth-order valence-electron chi connectivity index (χ4n) is 3.52. The number of anilines is 1. The summed E-state index contributed by atoms with van der Waals surface area (Å²) in [6, 6.07) is 2.49. The molecule has 164 valence electrons. The predicted molar refractivity (Wildman–Crippen MR) is 107 cm³/mol. The van der Waals surface area contributed by atoms with E-state index < -0.39 is 17.9 Å². The van der Waals surface area contributed by atoms with E-state index in [4.69, 9.17) is 4.74 Å². The maximum Gasteiger partial charge on any atom is 0.282 e. The zero-order valence-electron chi connectivity index (χ0n) is 17.4. The number of pyridine rings is 1. The molecule has 1 saturated heterocycles. The van der Waals surface area contributed by atoms with Gasteiger partial charge < -0.3 is 19.9 Å². The number of nitrogens with zero attached hydrogens (tertiary/aromatic N) is 3. The number of alkyl halides is 2. The molecule has 1 unspecified atom stereocenters. The predicted octanol–water partition coefficient (Wildman–Crippen LogP) is 2.31. The van der Waals surface area contributed by atoms with Crippen LogP contribution in [0.4, 0.5) is 14.5 Å². The molecule has 0 radical (unpaired) electrons. The minimum absolute atomic E-state index is 0.115. The molecule has 2 aliphatic carbocycles. The molecule has 3 fully saturated rings. The van der Waals surface area contributed by atoms with Crippen LogP contribution in [-0.2, 0) is 4.79 Å². The third kappa shape index (κ3) is 4.99. The Bertz CT molecular complexity index is 816. The number of amides is 2. The summed E-state index contributed by atoms with van der Waals surface area (Å²) in [5.41, 5.74) is 0.584. The van der Waals surface area contributed by atoms with Crippen LogP contribution in [0.2, 0.25) is 0 Å². The molecule has 2 amide bonds. The molecule has 1 aromatic rings. The lowest BCUT2D eigenvalue weighted by Crippen LogP contribution is -2.56. The molecule has 1 atom stereocenters. The number of hydrogen-bond donors (Lipinski definition) is 1. The van der Waals surface area contributed by atoms with Gasteiger partial charge in [0.15, 0.2) is 0 Å². The van der Waals surface area contributed by atoms with E-state index in [9.17, 15) is 18.4 Å². The number of carbonyl (C=O) groups is 2. The Hall–Kier alpha value is -2.45. The molecule has 1 aliphatic heterocycles. The van der Waals surface area contributed by atoms with Crippen molar-refractivity contribution in [3.63, 3.8) is 0 Å². The van der Waals surface area contributed by atoms with Crippen LogP contribution in [0, 0.1) is 11.8 Å². The number of halogens is 2. The first kappa shape index (κ1) is 20.8. The zero-order chi connectivity index (χ0) is 21.5. The van der Waals surface area contributed by atoms with Crippen molar-refractivity contribution in [3.8, 4) is 5.88 Å². The van der Waals surface area contributed by atoms with E-state index in [-0.39, 0.29) is 30.6 Å². The van der Waals surface area contributed by atoms with Crippen LogP contribution >= 0.6 is 0 Å². The van der Waals surface area contributed by atoms with E-state index in [1.807, 2.05) is 0 Å². The van der Waals surface area contributed by atoms with Gasteiger partial charge in [0.05, 0.1) is 19.7 Å². The van der Waals surface area contributed by atoms with E-state index in [1.54, 1.807) is 20.2 Å². The Morgan fingerprint density at radius 2 is 1.90 bits per heavy atom. The molecular formula is C21H28F2N4O3. The highest BCUT2D eigenvalue weighted by Gasteiger charge is 2.45. The van der Waals surface area contributed by atoms with Crippen LogP contribution in [0.1, 0.15) is 42.6 Å². The highest BCUT2D eigenvalue weighted by Crippen LogP contribution is 2.38. The summed E-state index contributed by atoms with van der Waals surface area (Å²) in [6.07, 6.45) is 4.90. The van der Waals surface area contributed by atoms with Gasteiger partial charge in [-0.2, -0.15) is 0 Å². The second kappa shape index (κ2) is 8.00. The van der Waals surface area contributed by atoms with Gasteiger partial charge in [-0.3, -0.25) is 9.59 Å². The van der Waals surface area contributed by atoms with Crippen LogP contribution in [0.15, 0.2) is 12.1 Å². The summed E-state index contributed by atoms with van der Waals surface area (Å²) in [5, 5.41) is 2.80. The number of aromatic nitrogens is 1. The molecule has 0 spiro atoms. The van der Waals surface area contributed by atoms with Crippen LogP contribution in [-0.4, -0.2) is 67.5 Å². The van der Waals surface area contributed by atoms with Crippen LogP contribution in [0.5, 0.6) is 5.88 Å². The normalized spacial score (nSPS) is 20.9. The summed E-state index contributed by atoms with van der Waals surface area (Å²) < 4.78 is 32.4. The molecule has 7 nitrogen and oxygen atoms in total. The minimum atomic E-state index is -2.72. The smallest absolute Gasteiger partial charge is 0.282 e. The maximum atomic E-state index is 13.3. The molecule has 4 rings (SSSR count). The van der Waals surface area contributed by atoms with Crippen molar-refractivity contribution in [1.82, 2.24) is 15.2 Å². The van der Waals surface area contributed by atoms with Gasteiger partial charge in [0.2, 0.25) is 11.8 Å². The molecule has 3 aliphatic rings. The molecular weight excluding hydrogens is 394 g/mol. The topological polar surface area (TPSA) is 74.8 Å². The molecule has 9 heteroatoms. The summed E-state index contributed by atoms with van der Waals surface area (Å²) in [5.74, 6) is -2.22. The molecule has 0 aromatic carbocycles. The van der Waals surface area contributed by atoms with Gasteiger partial charge in [-0.05, 0) is 43.2 Å². The van der Waals surface area contributed by atoms with Crippen molar-refractivity contribution in [3.05, 3.63) is 17.8 Å². The van der Waals surface area contributed by atoms with E-state index in [1.165, 1.54) is 15.9 Å². The van der Waals surface area contributed by atoms with Crippen molar-refractivity contribution < 1.29 is 23.1 Å². The second-order valence-electron chi connectivity index (χ2n) is 8.92. The summed E-state index contributed by atoms with van der Waals surface area (Å²) in [6.45, 7) is -0.319. The first-order valence-electron chi connectivity index (χ1n) is 10.5. The first-order chi connectivity index (χ1) is 14.2. The first-order valence-corrected chi connectivity index (χ1v) is 10.5. The van der Waals surface area contributed by atoms with Gasteiger partial charge in [0, 0.05) is 14.1 Å². The quantitative estimate of drug-likeness (QED) is 0.661. The van der Waals surface area contributed by atoms with Gasteiger partial charge in [0.25, 0.3) is 11.8 Å². The maximum absolute atomic E-state index is 13.3. The summed E-state index contributed by atoms with van der Waals surface area (Å²) >= 11 is 0. The van der Waals surface area contributed by atoms with Crippen molar-refractivity contribution in [1.29, 1.82) is 0 Å². The number of nitrogens with one attached hydrogen (secondary N) is 1. The molecule has 1 aromatic heterocycles. The van der Waals surface area contributed by atoms with Crippen LogP contribution in [0.3, 0.4) is 0 Å². The molecule has 30 heavy (non-hydrogen) atoms. The van der Waals surface area contributed by atoms with Crippen molar-refractivity contribution in [2.24, 2.45) is 11.8 Å². The van der Waals surface area contributed by atoms with Crippen molar-refractivity contribution >= 4 is 17.5 Å². The third-order valence-corrected chi connectivity index (χ3v) is 5.72. The Labute approximate surface area is 174 Å². The number of carbonyl (C=O) groups excluding carboxylic acids is 2. The van der Waals surface area contributed by atoms with Gasteiger partial charge in [-0.1, -0.05) is 12.8 Å². The molecule has 1 N–H and O–H groups in total. The second-order valence-corrected chi connectivity index (χ2v) is 8.92. The molecule has 0 bridgehead atoms. The number of likely N-dealkylation sites (N-methyl/N-ethyl adjacent to an activating group) is 1. The van der Waals surface area contributed by atoms with Crippen LogP contribution in [0.25, 0.3) is 0 Å². The van der Waals surface area contributed by atoms with E-state index in [0.29, 0.717) is 30.6 Å². The Morgan fingerprint density at radius 1 is 1.23 bits per heavy atom. The molecule has 2 heterocycles. The monoisotopic (exact) mass is 422 g/mol. The Kier molecular flexibility index (Phi) is 5.55. The Morgan fingerprint density at radius 3 is 2.47 bits per heavy atom. The van der Waals surface area contributed by atoms with Crippen molar-refractivity contribution in [2.45, 2.75) is 44.1 Å². The van der Waals surface area contributed by atoms with Gasteiger partial charge >= 0.3 is 0 Å². The largest absolute Gasteiger partial charge is 0.476 e. The highest BCUT2D eigenvalue weighted by atomic mass is 19.3. The van der Waals surface area contributed by atoms with E-state index >= 15 is 0 Å². The third-order valence-electron chi connectivity index (χ3n) is 5.72. The SMILES string of the molecule is CN(C)C(=O)C(CC1CC1)NC(=O)c1ccc(N2CC(F)(F)C2)c(OCC2CC2)n1. The van der Waals surface area contributed by atoms with Gasteiger partial charge in [-0.15, -0.1) is 0 Å². The van der Waals surface area contributed by atoms with Gasteiger partial charge in [-0.25, -0.2) is 13.8 Å². The lowest BCUT2D eigenvalue weighted by molar-refractivity contribution is -0.131.